The molecular weight excluding hydrogens is 291 g/mol. The predicted molar refractivity (Wildman–Crippen MR) is 63.9 cm³/mol. The van der Waals surface area contributed by atoms with E-state index in [-0.39, 0.29) is 0 Å². The van der Waals surface area contributed by atoms with Crippen LogP contribution < -0.4 is 11.1 Å². The van der Waals surface area contributed by atoms with Crippen molar-refractivity contribution >= 4 is 28.5 Å². The van der Waals surface area contributed by atoms with Crippen molar-refractivity contribution in [2.45, 2.75) is 18.9 Å². The van der Waals surface area contributed by atoms with Crippen LogP contribution in [-0.4, -0.2) is 22.6 Å². The number of nitrogens with one attached hydrogen (secondary N) is 1. The third-order valence-electron chi connectivity index (χ3n) is 2.44. The molecule has 1 aliphatic carbocycles. The van der Waals surface area contributed by atoms with Crippen molar-refractivity contribution in [3.05, 3.63) is 16.0 Å². The molecule has 5 heteroatoms. The molecule has 0 atom stereocenters. The quantitative estimate of drug-likeness (QED) is 0.825. The first-order chi connectivity index (χ1) is 6.74. The SMILES string of the molecule is NC1CC(CNc2ncc(I)cn2)C1. The number of aromatic nitrogens is 2. The lowest BCUT2D eigenvalue weighted by molar-refractivity contribution is 0.279. The van der Waals surface area contributed by atoms with E-state index >= 15 is 0 Å². The van der Waals surface area contributed by atoms with Gasteiger partial charge in [-0.25, -0.2) is 9.97 Å². The van der Waals surface area contributed by atoms with E-state index in [0.29, 0.717) is 17.9 Å². The molecular formula is C9H13IN4. The van der Waals surface area contributed by atoms with Crippen LogP contribution in [0.15, 0.2) is 12.4 Å². The molecule has 76 valence electrons. The Hall–Kier alpha value is -0.430. The van der Waals surface area contributed by atoms with Gasteiger partial charge < -0.3 is 11.1 Å². The zero-order valence-corrected chi connectivity index (χ0v) is 9.94. The average molecular weight is 304 g/mol. The van der Waals surface area contributed by atoms with Crippen LogP contribution in [0.5, 0.6) is 0 Å². The van der Waals surface area contributed by atoms with Crippen molar-refractivity contribution in [1.82, 2.24) is 9.97 Å². The Kier molecular flexibility index (Phi) is 3.17. The van der Waals surface area contributed by atoms with Crippen molar-refractivity contribution < 1.29 is 0 Å². The number of hydrogen-bond donors (Lipinski definition) is 2. The largest absolute Gasteiger partial charge is 0.354 e. The Bertz CT molecular complexity index is 294. The number of hydrogen-bond acceptors (Lipinski definition) is 4. The molecule has 14 heavy (non-hydrogen) atoms. The van der Waals surface area contributed by atoms with Gasteiger partial charge in [0.05, 0.1) is 0 Å². The minimum Gasteiger partial charge on any atom is -0.354 e. The van der Waals surface area contributed by atoms with E-state index in [2.05, 4.69) is 37.9 Å². The zero-order chi connectivity index (χ0) is 9.97. The van der Waals surface area contributed by atoms with Gasteiger partial charge in [0.15, 0.2) is 0 Å². The molecule has 4 nitrogen and oxygen atoms in total. The maximum Gasteiger partial charge on any atom is 0.222 e. The summed E-state index contributed by atoms with van der Waals surface area (Å²) in [5.41, 5.74) is 5.70. The second-order valence-electron chi connectivity index (χ2n) is 3.70. The molecule has 0 unspecified atom stereocenters. The van der Waals surface area contributed by atoms with Gasteiger partial charge in [0.1, 0.15) is 0 Å². The van der Waals surface area contributed by atoms with E-state index in [9.17, 15) is 0 Å². The molecule has 1 aliphatic rings. The highest BCUT2D eigenvalue weighted by atomic mass is 127. The Balaban J connectivity index is 1.78. The van der Waals surface area contributed by atoms with Gasteiger partial charge in [-0.1, -0.05) is 0 Å². The van der Waals surface area contributed by atoms with Crippen molar-refractivity contribution in [3.63, 3.8) is 0 Å². The summed E-state index contributed by atoms with van der Waals surface area (Å²) in [6.45, 7) is 0.939. The number of halogens is 1. The highest BCUT2D eigenvalue weighted by molar-refractivity contribution is 14.1. The fraction of sp³-hybridized carbons (Fsp3) is 0.556. The monoisotopic (exact) mass is 304 g/mol. The molecule has 0 bridgehead atoms. The summed E-state index contributed by atoms with van der Waals surface area (Å²) in [5, 5.41) is 3.21. The number of rotatable bonds is 3. The molecule has 0 radical (unpaired) electrons. The van der Waals surface area contributed by atoms with E-state index in [0.717, 1.165) is 23.0 Å². The van der Waals surface area contributed by atoms with Crippen molar-refractivity contribution in [2.24, 2.45) is 11.7 Å². The molecule has 0 spiro atoms. The fourth-order valence-electron chi connectivity index (χ4n) is 1.59. The van der Waals surface area contributed by atoms with Crippen LogP contribution in [0.2, 0.25) is 0 Å². The zero-order valence-electron chi connectivity index (χ0n) is 7.78. The van der Waals surface area contributed by atoms with E-state index in [4.69, 9.17) is 5.73 Å². The molecule has 1 heterocycles. The highest BCUT2D eigenvalue weighted by Gasteiger charge is 2.25. The first kappa shape index (κ1) is 10.1. The molecule has 1 aromatic heterocycles. The Morgan fingerprint density at radius 3 is 2.64 bits per heavy atom. The smallest absolute Gasteiger partial charge is 0.222 e. The van der Waals surface area contributed by atoms with Crippen LogP contribution in [0, 0.1) is 9.49 Å². The summed E-state index contributed by atoms with van der Waals surface area (Å²) >= 11 is 2.19. The van der Waals surface area contributed by atoms with E-state index in [1.54, 1.807) is 0 Å². The summed E-state index contributed by atoms with van der Waals surface area (Å²) in [7, 11) is 0. The number of anilines is 1. The van der Waals surface area contributed by atoms with Crippen LogP contribution in [-0.2, 0) is 0 Å². The Labute approximate surface area is 96.8 Å². The second-order valence-corrected chi connectivity index (χ2v) is 4.95. The summed E-state index contributed by atoms with van der Waals surface area (Å²) in [4.78, 5) is 8.33. The summed E-state index contributed by atoms with van der Waals surface area (Å²) in [6.07, 6.45) is 5.86. The summed E-state index contributed by atoms with van der Waals surface area (Å²) < 4.78 is 1.05. The maximum absolute atomic E-state index is 5.70. The van der Waals surface area contributed by atoms with Gasteiger partial charge in [0.25, 0.3) is 0 Å². The molecule has 0 aliphatic heterocycles. The van der Waals surface area contributed by atoms with Crippen LogP contribution in [0.1, 0.15) is 12.8 Å². The van der Waals surface area contributed by atoms with Crippen molar-refractivity contribution in [1.29, 1.82) is 0 Å². The van der Waals surface area contributed by atoms with Gasteiger partial charge in [-0.05, 0) is 41.4 Å². The summed E-state index contributed by atoms with van der Waals surface area (Å²) in [6, 6.07) is 0.416. The van der Waals surface area contributed by atoms with Gasteiger partial charge in [0.2, 0.25) is 5.95 Å². The lowest BCUT2D eigenvalue weighted by Gasteiger charge is -2.32. The van der Waals surface area contributed by atoms with Crippen LogP contribution >= 0.6 is 22.6 Å². The minimum atomic E-state index is 0.416. The van der Waals surface area contributed by atoms with E-state index < -0.39 is 0 Å². The predicted octanol–water partition coefficient (Wildman–Crippen LogP) is 1.23. The van der Waals surface area contributed by atoms with Crippen LogP contribution in [0.25, 0.3) is 0 Å². The van der Waals surface area contributed by atoms with Gasteiger partial charge in [0, 0.05) is 28.6 Å². The topological polar surface area (TPSA) is 63.8 Å². The molecule has 3 N–H and O–H groups in total. The number of nitrogens with two attached hydrogens (primary N) is 1. The maximum atomic E-state index is 5.70. The number of nitrogens with zero attached hydrogens (tertiary/aromatic N) is 2. The van der Waals surface area contributed by atoms with Crippen molar-refractivity contribution in [3.8, 4) is 0 Å². The first-order valence-electron chi connectivity index (χ1n) is 4.71. The van der Waals surface area contributed by atoms with Gasteiger partial charge >= 0.3 is 0 Å². The van der Waals surface area contributed by atoms with Gasteiger partial charge in [-0.2, -0.15) is 0 Å². The average Bonchev–Trinajstić information content (AvgIpc) is 2.13. The molecule has 1 aromatic rings. The molecule has 2 rings (SSSR count). The Morgan fingerprint density at radius 2 is 2.07 bits per heavy atom. The lowest BCUT2D eigenvalue weighted by atomic mass is 9.81. The standard InChI is InChI=1S/C9H13IN4/c10-7-4-13-9(14-5-7)12-3-6-1-8(11)2-6/h4-6,8H,1-3,11H2,(H,12,13,14). The normalized spacial score (nSPS) is 25.6. The second kappa shape index (κ2) is 4.39. The minimum absolute atomic E-state index is 0.416. The summed E-state index contributed by atoms with van der Waals surface area (Å²) in [5.74, 6) is 1.42. The van der Waals surface area contributed by atoms with Crippen LogP contribution in [0.3, 0.4) is 0 Å². The Morgan fingerprint density at radius 1 is 1.43 bits per heavy atom. The van der Waals surface area contributed by atoms with Crippen LogP contribution in [0.4, 0.5) is 5.95 Å². The van der Waals surface area contributed by atoms with Gasteiger partial charge in [-0.3, -0.25) is 0 Å². The lowest BCUT2D eigenvalue weighted by Crippen LogP contribution is -2.39. The fourth-order valence-corrected chi connectivity index (χ4v) is 1.87. The highest BCUT2D eigenvalue weighted by Crippen LogP contribution is 2.25. The molecule has 0 amide bonds. The molecule has 0 saturated heterocycles. The third-order valence-corrected chi connectivity index (χ3v) is 3.00. The van der Waals surface area contributed by atoms with Crippen molar-refractivity contribution in [2.75, 3.05) is 11.9 Å². The third kappa shape index (κ3) is 2.54. The first-order valence-corrected chi connectivity index (χ1v) is 5.79. The molecule has 0 aromatic carbocycles. The molecule has 1 saturated carbocycles. The van der Waals surface area contributed by atoms with Gasteiger partial charge in [-0.15, -0.1) is 0 Å². The van der Waals surface area contributed by atoms with E-state index in [1.165, 1.54) is 0 Å². The molecule has 1 fully saturated rings. The van der Waals surface area contributed by atoms with E-state index in [1.807, 2.05) is 12.4 Å².